The van der Waals surface area contributed by atoms with Crippen molar-refractivity contribution in [3.8, 4) is 5.75 Å². The highest BCUT2D eigenvalue weighted by atomic mass is 32.2. The van der Waals surface area contributed by atoms with E-state index in [2.05, 4.69) is 135 Å². The third kappa shape index (κ3) is 14.4. The van der Waals surface area contributed by atoms with Crippen LogP contribution in [0.5, 0.6) is 5.75 Å². The van der Waals surface area contributed by atoms with Gasteiger partial charge in [0.2, 0.25) is 0 Å². The number of thioether (sulfide) groups is 2. The zero-order chi connectivity index (χ0) is 35.6. The van der Waals surface area contributed by atoms with Crippen molar-refractivity contribution in [1.29, 1.82) is 0 Å². The molecule has 45 heavy (non-hydrogen) atoms. The fraction of sp³-hybridized carbons (Fsp3) is 0.675. The van der Waals surface area contributed by atoms with E-state index < -0.39 is 5.97 Å². The van der Waals surface area contributed by atoms with Crippen molar-refractivity contribution >= 4 is 29.5 Å². The number of carboxylic acid groups (broad SMARTS) is 1. The third-order valence-electron chi connectivity index (χ3n) is 7.04. The van der Waals surface area contributed by atoms with E-state index in [0.717, 1.165) is 5.75 Å². The predicted octanol–water partition coefficient (Wildman–Crippen LogP) is 13.3. The number of hydrogen-bond donors (Lipinski definition) is 1. The van der Waals surface area contributed by atoms with Crippen LogP contribution in [0.2, 0.25) is 0 Å². The molecule has 0 aromatic heterocycles. The van der Waals surface area contributed by atoms with Gasteiger partial charge in [-0.3, -0.25) is 4.79 Å². The average molecular weight is 661 g/mol. The number of carbonyl (C=O) groups is 1. The van der Waals surface area contributed by atoms with E-state index in [1.807, 2.05) is 37.4 Å². The Labute approximate surface area is 287 Å². The van der Waals surface area contributed by atoms with Gasteiger partial charge in [0, 0.05) is 27.3 Å². The Bertz CT molecular complexity index is 1170. The summed E-state index contributed by atoms with van der Waals surface area (Å²) in [4.78, 5) is 13.6. The van der Waals surface area contributed by atoms with Gasteiger partial charge >= 0.3 is 5.97 Å². The Kier molecular flexibility index (Phi) is 17.4. The number of hydrogen-bond acceptors (Lipinski definition) is 4. The molecule has 3 nitrogen and oxygen atoms in total. The fourth-order valence-electron chi connectivity index (χ4n) is 5.06. The molecule has 0 saturated carbocycles. The van der Waals surface area contributed by atoms with Crippen LogP contribution in [-0.2, 0) is 21.0 Å². The molecule has 5 heteroatoms. The third-order valence-corrected chi connectivity index (χ3v) is 9.46. The molecule has 0 spiro atoms. The quantitative estimate of drug-likeness (QED) is 0.156. The van der Waals surface area contributed by atoms with E-state index in [-0.39, 0.29) is 26.7 Å². The molecule has 1 N–H and O–H groups in total. The molecule has 258 valence electrons. The molecule has 0 amide bonds. The molecule has 0 bridgehead atoms. The van der Waals surface area contributed by atoms with Gasteiger partial charge in [-0.1, -0.05) is 110 Å². The number of benzene rings is 2. The Morgan fingerprint density at radius 2 is 1.13 bits per heavy atom. The Morgan fingerprint density at radius 3 is 1.49 bits per heavy atom. The van der Waals surface area contributed by atoms with Gasteiger partial charge in [-0.15, -0.1) is 23.5 Å². The van der Waals surface area contributed by atoms with Crippen molar-refractivity contribution in [2.45, 2.75) is 180 Å². The van der Waals surface area contributed by atoms with Gasteiger partial charge in [0.25, 0.3) is 0 Å². The van der Waals surface area contributed by atoms with Crippen molar-refractivity contribution < 1.29 is 14.6 Å². The summed E-state index contributed by atoms with van der Waals surface area (Å²) < 4.78 is 6.26. The molecule has 2 rings (SSSR count). The van der Waals surface area contributed by atoms with Gasteiger partial charge in [0.05, 0.1) is 10.7 Å². The van der Waals surface area contributed by atoms with Crippen LogP contribution in [0, 0.1) is 6.92 Å². The lowest BCUT2D eigenvalue weighted by Crippen LogP contribution is -2.21. The van der Waals surface area contributed by atoms with Crippen LogP contribution < -0.4 is 4.74 Å². The minimum atomic E-state index is -0.786. The lowest BCUT2D eigenvalue weighted by molar-refractivity contribution is -0.137. The van der Waals surface area contributed by atoms with Crippen LogP contribution in [-0.4, -0.2) is 21.8 Å². The molecule has 0 aliphatic rings. The van der Waals surface area contributed by atoms with Gasteiger partial charge in [-0.2, -0.15) is 0 Å². The first kappa shape index (κ1) is 43.4. The molecular weight excluding hydrogens is 593 g/mol. The Morgan fingerprint density at radius 1 is 0.756 bits per heavy atom. The van der Waals surface area contributed by atoms with Crippen molar-refractivity contribution in [1.82, 2.24) is 0 Å². The summed E-state index contributed by atoms with van der Waals surface area (Å²) in [5, 5.41) is 9.08. The normalized spacial score (nSPS) is 12.2. The highest BCUT2D eigenvalue weighted by Gasteiger charge is 2.31. The summed E-state index contributed by atoms with van der Waals surface area (Å²) in [5.41, 5.74) is 6.46. The van der Waals surface area contributed by atoms with Crippen LogP contribution in [0.1, 0.15) is 171 Å². The first-order chi connectivity index (χ1) is 20.4. The summed E-state index contributed by atoms with van der Waals surface area (Å²) >= 11 is 3.84. The number of carboxylic acids is 1. The predicted molar refractivity (Wildman–Crippen MR) is 203 cm³/mol. The van der Waals surface area contributed by atoms with E-state index in [4.69, 9.17) is 9.84 Å². The molecule has 0 atom stereocenters. The molecular formula is C40H68O3S2. The molecule has 0 saturated heterocycles. The minimum absolute atomic E-state index is 0.0884. The minimum Gasteiger partial charge on any atom is -0.493 e. The number of rotatable bonds is 10. The second kappa shape index (κ2) is 18.1. The molecule has 0 aliphatic carbocycles. The van der Waals surface area contributed by atoms with E-state index >= 15 is 0 Å². The van der Waals surface area contributed by atoms with Crippen molar-refractivity contribution in [2.24, 2.45) is 0 Å². The molecule has 2 aromatic carbocycles. The lowest BCUT2D eigenvalue weighted by Gasteiger charge is -2.32. The summed E-state index contributed by atoms with van der Waals surface area (Å²) in [7, 11) is 0. The number of aliphatic carboxylic acids is 1. The summed E-state index contributed by atoms with van der Waals surface area (Å²) in [5.74, 6) is 0.602. The van der Waals surface area contributed by atoms with Crippen molar-refractivity contribution in [2.75, 3.05) is 6.61 Å². The maximum Gasteiger partial charge on any atom is 0.303 e. The van der Waals surface area contributed by atoms with Crippen LogP contribution in [0.4, 0.5) is 0 Å². The Hall–Kier alpha value is -1.59. The van der Waals surface area contributed by atoms with E-state index in [1.165, 1.54) is 44.0 Å². The second-order valence-electron chi connectivity index (χ2n) is 15.6. The first-order valence-corrected chi connectivity index (χ1v) is 18.6. The second-order valence-corrected chi connectivity index (χ2v) is 19.2. The first-order valence-electron chi connectivity index (χ1n) is 17.0. The maximum atomic E-state index is 11.0. The Balaban J connectivity index is 0.00000364. The average Bonchev–Trinajstić information content (AvgIpc) is 2.87. The van der Waals surface area contributed by atoms with Gasteiger partial charge in [0.15, 0.2) is 0 Å². The van der Waals surface area contributed by atoms with Crippen molar-refractivity contribution in [3.05, 3.63) is 52.1 Å². The van der Waals surface area contributed by atoms with Crippen LogP contribution in [0.25, 0.3) is 0 Å². The molecule has 0 radical (unpaired) electrons. The molecule has 0 heterocycles. The zero-order valence-corrected chi connectivity index (χ0v) is 33.9. The smallest absolute Gasteiger partial charge is 0.303 e. The molecule has 0 fully saturated rings. The van der Waals surface area contributed by atoms with Gasteiger partial charge in [-0.25, -0.2) is 0 Å². The summed E-state index contributed by atoms with van der Waals surface area (Å²) in [6.45, 7) is 40.4. The lowest BCUT2D eigenvalue weighted by atomic mass is 9.79. The fourth-order valence-corrected chi connectivity index (χ4v) is 7.66. The van der Waals surface area contributed by atoms with Crippen LogP contribution in [0.15, 0.2) is 34.1 Å². The van der Waals surface area contributed by atoms with E-state index in [1.54, 1.807) is 0 Å². The van der Waals surface area contributed by atoms with Crippen LogP contribution in [0.3, 0.4) is 0 Å². The van der Waals surface area contributed by atoms with E-state index in [0.29, 0.717) is 18.9 Å². The summed E-state index contributed by atoms with van der Waals surface area (Å²) in [6.07, 6.45) is 1.86. The highest BCUT2D eigenvalue weighted by molar-refractivity contribution is 8.18. The van der Waals surface area contributed by atoms with Crippen molar-refractivity contribution in [3.63, 3.8) is 0 Å². The van der Waals surface area contributed by atoms with Gasteiger partial charge in [0.1, 0.15) is 5.75 Å². The SMILES string of the molecule is CC.CCC.Cc1c(C(C)C)cc(SC(C)(C)Sc2cc(C(C)(C)C)c(OCCCC(=O)O)c(C(C)(C)C)c2)cc1C(C)(C)C. The topological polar surface area (TPSA) is 46.5 Å². The molecule has 2 aromatic rings. The zero-order valence-electron chi connectivity index (χ0n) is 32.3. The van der Waals surface area contributed by atoms with Gasteiger partial charge in [-0.05, 0) is 90.3 Å². The standard InChI is InChI=1S/C35H54O3S2.C3H8.C2H6/c1-22(2)26-18-24(19-27(23(26)3)32(4,5)6)39-35(13,14)40-25-20-28(33(7,8)9)31(29(21-25)34(10,11)12)38-17-15-16-30(36)37;1-3-2;1-2/h18-22H,15-17H2,1-14H3,(H,36,37);3H2,1-2H3;1-2H3. The highest BCUT2D eigenvalue weighted by Crippen LogP contribution is 2.50. The molecule has 0 aliphatic heterocycles. The van der Waals surface area contributed by atoms with Crippen LogP contribution >= 0.6 is 23.5 Å². The number of ether oxygens (including phenoxy) is 1. The van der Waals surface area contributed by atoms with Gasteiger partial charge < -0.3 is 9.84 Å². The summed E-state index contributed by atoms with van der Waals surface area (Å²) in [6, 6.07) is 9.40. The van der Waals surface area contributed by atoms with E-state index in [9.17, 15) is 4.79 Å². The monoisotopic (exact) mass is 660 g/mol. The maximum absolute atomic E-state index is 11.0. The largest absolute Gasteiger partial charge is 0.493 e. The molecule has 0 unspecified atom stereocenters.